The standard InChI is InChI=1S/C13H9F4NOS/c14-11-4-3-8(13(15,16)17)6-10(11)12(19)18-7-9-2-1-5-20-9/h1-6H,7H2,(H,18,19). The van der Waals surface area contributed by atoms with Crippen molar-refractivity contribution in [1.29, 1.82) is 0 Å². The molecule has 7 heteroatoms. The highest BCUT2D eigenvalue weighted by Gasteiger charge is 2.31. The first kappa shape index (κ1) is 14.5. The second kappa shape index (κ2) is 5.62. The summed E-state index contributed by atoms with van der Waals surface area (Å²) < 4.78 is 51.0. The van der Waals surface area contributed by atoms with Crippen LogP contribution in [0.25, 0.3) is 0 Å². The molecule has 106 valence electrons. The number of halogens is 4. The van der Waals surface area contributed by atoms with Crippen molar-refractivity contribution in [3.8, 4) is 0 Å². The van der Waals surface area contributed by atoms with Gasteiger partial charge in [-0.15, -0.1) is 11.3 Å². The number of hydrogen-bond acceptors (Lipinski definition) is 2. The summed E-state index contributed by atoms with van der Waals surface area (Å²) in [5.41, 5.74) is -1.67. The number of carbonyl (C=O) groups is 1. The molecule has 1 aromatic heterocycles. The zero-order valence-corrected chi connectivity index (χ0v) is 10.8. The lowest BCUT2D eigenvalue weighted by Crippen LogP contribution is -2.24. The van der Waals surface area contributed by atoms with Gasteiger partial charge in [-0.25, -0.2) is 4.39 Å². The Morgan fingerprint density at radius 2 is 2.00 bits per heavy atom. The number of rotatable bonds is 3. The number of alkyl halides is 3. The highest BCUT2D eigenvalue weighted by Crippen LogP contribution is 2.30. The van der Waals surface area contributed by atoms with E-state index >= 15 is 0 Å². The van der Waals surface area contributed by atoms with Crippen molar-refractivity contribution in [2.75, 3.05) is 0 Å². The zero-order chi connectivity index (χ0) is 14.8. The molecule has 2 nitrogen and oxygen atoms in total. The first-order valence-electron chi connectivity index (χ1n) is 5.55. The molecule has 0 radical (unpaired) electrons. The van der Waals surface area contributed by atoms with Crippen molar-refractivity contribution < 1.29 is 22.4 Å². The molecule has 1 N–H and O–H groups in total. The fraction of sp³-hybridized carbons (Fsp3) is 0.154. The van der Waals surface area contributed by atoms with Crippen LogP contribution >= 0.6 is 11.3 Å². The molecule has 0 aliphatic heterocycles. The molecule has 0 aliphatic rings. The minimum absolute atomic E-state index is 0.145. The lowest BCUT2D eigenvalue weighted by molar-refractivity contribution is -0.137. The maximum absolute atomic E-state index is 13.4. The van der Waals surface area contributed by atoms with E-state index in [2.05, 4.69) is 5.32 Å². The Bertz CT molecular complexity index is 607. The number of carbonyl (C=O) groups excluding carboxylic acids is 1. The molecule has 2 rings (SSSR count). The van der Waals surface area contributed by atoms with E-state index in [4.69, 9.17) is 0 Å². The summed E-state index contributed by atoms with van der Waals surface area (Å²) in [5.74, 6) is -1.86. The number of amides is 1. The van der Waals surface area contributed by atoms with Crippen LogP contribution in [0.3, 0.4) is 0 Å². The summed E-state index contributed by atoms with van der Waals surface area (Å²) in [6.07, 6.45) is -4.61. The van der Waals surface area contributed by atoms with E-state index < -0.39 is 29.0 Å². The quantitative estimate of drug-likeness (QED) is 0.858. The van der Waals surface area contributed by atoms with Crippen molar-refractivity contribution in [2.45, 2.75) is 12.7 Å². The third kappa shape index (κ3) is 3.36. The Hall–Kier alpha value is -1.89. The number of hydrogen-bond donors (Lipinski definition) is 1. The molecule has 0 bridgehead atoms. The molecular weight excluding hydrogens is 294 g/mol. The molecule has 0 fully saturated rings. The van der Waals surface area contributed by atoms with Crippen LogP contribution in [-0.2, 0) is 12.7 Å². The first-order chi connectivity index (χ1) is 9.38. The number of thiophene rings is 1. The molecular formula is C13H9F4NOS. The summed E-state index contributed by atoms with van der Waals surface area (Å²) in [7, 11) is 0. The van der Waals surface area contributed by atoms with Crippen LogP contribution in [-0.4, -0.2) is 5.91 Å². The number of nitrogens with one attached hydrogen (secondary N) is 1. The van der Waals surface area contributed by atoms with Gasteiger partial charge in [0.1, 0.15) is 5.82 Å². The predicted octanol–water partition coefficient (Wildman–Crippen LogP) is 3.84. The Kier molecular flexibility index (Phi) is 4.08. The van der Waals surface area contributed by atoms with Gasteiger partial charge in [0.15, 0.2) is 0 Å². The number of benzene rings is 1. The van der Waals surface area contributed by atoms with Crippen LogP contribution in [0, 0.1) is 5.82 Å². The van der Waals surface area contributed by atoms with Crippen molar-refractivity contribution in [3.63, 3.8) is 0 Å². The van der Waals surface area contributed by atoms with Crippen LogP contribution in [0.2, 0.25) is 0 Å². The smallest absolute Gasteiger partial charge is 0.347 e. The molecule has 20 heavy (non-hydrogen) atoms. The Labute approximate surface area is 116 Å². The molecule has 1 aromatic carbocycles. The van der Waals surface area contributed by atoms with Gasteiger partial charge in [0.2, 0.25) is 0 Å². The van der Waals surface area contributed by atoms with Gasteiger partial charge in [0.25, 0.3) is 5.91 Å². The van der Waals surface area contributed by atoms with Crippen molar-refractivity contribution in [2.24, 2.45) is 0 Å². The zero-order valence-electron chi connectivity index (χ0n) is 10.00. The molecule has 0 saturated carbocycles. The maximum atomic E-state index is 13.4. The fourth-order valence-corrected chi connectivity index (χ4v) is 2.20. The third-order valence-electron chi connectivity index (χ3n) is 2.54. The van der Waals surface area contributed by atoms with Gasteiger partial charge in [0.05, 0.1) is 17.7 Å². The van der Waals surface area contributed by atoms with Gasteiger partial charge < -0.3 is 5.32 Å². The Morgan fingerprint density at radius 3 is 2.60 bits per heavy atom. The van der Waals surface area contributed by atoms with Crippen molar-refractivity contribution in [3.05, 3.63) is 57.5 Å². The van der Waals surface area contributed by atoms with Crippen molar-refractivity contribution in [1.82, 2.24) is 5.32 Å². The Morgan fingerprint density at radius 1 is 1.25 bits per heavy atom. The molecule has 0 saturated heterocycles. The molecule has 0 atom stereocenters. The molecule has 0 unspecified atom stereocenters. The summed E-state index contributed by atoms with van der Waals surface area (Å²) in [4.78, 5) is 12.6. The lowest BCUT2D eigenvalue weighted by atomic mass is 10.1. The average Bonchev–Trinajstić information content (AvgIpc) is 2.88. The lowest BCUT2D eigenvalue weighted by Gasteiger charge is -2.10. The van der Waals surface area contributed by atoms with Gasteiger partial charge in [-0.05, 0) is 29.6 Å². The van der Waals surface area contributed by atoms with Crippen LogP contribution in [0.4, 0.5) is 17.6 Å². The van der Waals surface area contributed by atoms with Gasteiger partial charge in [0, 0.05) is 4.88 Å². The summed E-state index contributed by atoms with van der Waals surface area (Å²) in [6.45, 7) is 0.145. The fourth-order valence-electron chi connectivity index (χ4n) is 1.55. The van der Waals surface area contributed by atoms with Gasteiger partial charge in [-0.2, -0.15) is 13.2 Å². The summed E-state index contributed by atoms with van der Waals surface area (Å²) in [5, 5.41) is 4.18. The predicted molar refractivity (Wildman–Crippen MR) is 66.9 cm³/mol. The first-order valence-corrected chi connectivity index (χ1v) is 6.43. The van der Waals surface area contributed by atoms with E-state index in [0.29, 0.717) is 18.2 Å². The van der Waals surface area contributed by atoms with E-state index in [9.17, 15) is 22.4 Å². The maximum Gasteiger partial charge on any atom is 0.416 e. The normalized spacial score (nSPS) is 11.4. The highest BCUT2D eigenvalue weighted by molar-refractivity contribution is 7.09. The topological polar surface area (TPSA) is 29.1 Å². The van der Waals surface area contributed by atoms with Gasteiger partial charge in [-0.3, -0.25) is 4.79 Å². The molecule has 2 aromatic rings. The molecule has 1 amide bonds. The van der Waals surface area contributed by atoms with Gasteiger partial charge >= 0.3 is 6.18 Å². The van der Waals surface area contributed by atoms with Crippen LogP contribution < -0.4 is 5.32 Å². The monoisotopic (exact) mass is 303 g/mol. The minimum Gasteiger partial charge on any atom is -0.347 e. The molecule has 1 heterocycles. The summed E-state index contributed by atoms with van der Waals surface area (Å²) in [6, 6.07) is 5.29. The minimum atomic E-state index is -4.61. The second-order valence-corrected chi connectivity index (χ2v) is 4.99. The SMILES string of the molecule is O=C(NCc1cccs1)c1cc(C(F)(F)F)ccc1F. The van der Waals surface area contributed by atoms with E-state index in [-0.39, 0.29) is 6.54 Å². The van der Waals surface area contributed by atoms with Crippen LogP contribution in [0.1, 0.15) is 20.8 Å². The van der Waals surface area contributed by atoms with E-state index in [1.165, 1.54) is 11.3 Å². The largest absolute Gasteiger partial charge is 0.416 e. The van der Waals surface area contributed by atoms with Crippen LogP contribution in [0.5, 0.6) is 0 Å². The third-order valence-corrected chi connectivity index (χ3v) is 3.42. The summed E-state index contributed by atoms with van der Waals surface area (Å²) >= 11 is 1.38. The average molecular weight is 303 g/mol. The van der Waals surface area contributed by atoms with Crippen LogP contribution in [0.15, 0.2) is 35.7 Å². The highest BCUT2D eigenvalue weighted by atomic mass is 32.1. The van der Waals surface area contributed by atoms with Gasteiger partial charge in [-0.1, -0.05) is 6.07 Å². The van der Waals surface area contributed by atoms with E-state index in [1.807, 2.05) is 0 Å². The molecule has 0 spiro atoms. The second-order valence-electron chi connectivity index (χ2n) is 3.95. The van der Waals surface area contributed by atoms with Crippen molar-refractivity contribution >= 4 is 17.2 Å². The Balaban J connectivity index is 2.16. The van der Waals surface area contributed by atoms with E-state index in [0.717, 1.165) is 4.88 Å². The van der Waals surface area contributed by atoms with E-state index in [1.54, 1.807) is 17.5 Å². The molecule has 0 aliphatic carbocycles.